The molecule has 2 amide bonds. The van der Waals surface area contributed by atoms with Gasteiger partial charge in [0.1, 0.15) is 0 Å². The van der Waals surface area contributed by atoms with Crippen LogP contribution in [-0.4, -0.2) is 55.6 Å². The Morgan fingerprint density at radius 3 is 2.50 bits per heavy atom. The van der Waals surface area contributed by atoms with Crippen LogP contribution in [0.15, 0.2) is 62.4 Å². The first kappa shape index (κ1) is 22.7. The second-order valence-corrected chi connectivity index (χ2v) is 10.2. The zero-order valence-electron chi connectivity index (χ0n) is 15.6. The average molecular weight is 561 g/mol. The summed E-state index contributed by atoms with van der Waals surface area (Å²) < 4.78 is 29.2. The maximum absolute atomic E-state index is 12.8. The van der Waals surface area contributed by atoms with E-state index in [4.69, 9.17) is 0 Å². The molecule has 0 spiro atoms. The average Bonchev–Trinajstić information content (AvgIpc) is 3.10. The van der Waals surface area contributed by atoms with Crippen LogP contribution >= 0.6 is 31.9 Å². The number of halogens is 2. The smallest absolute Gasteiger partial charge is 0.407 e. The molecule has 30 heavy (non-hydrogen) atoms. The first-order chi connectivity index (χ1) is 14.2. The van der Waals surface area contributed by atoms with Crippen LogP contribution in [0.4, 0.5) is 4.79 Å². The van der Waals surface area contributed by atoms with E-state index in [1.165, 1.54) is 6.07 Å². The molecule has 1 heterocycles. The Morgan fingerprint density at radius 2 is 1.83 bits per heavy atom. The Balaban J connectivity index is 1.68. The highest BCUT2D eigenvalue weighted by molar-refractivity contribution is 9.11. The maximum atomic E-state index is 12.8. The van der Waals surface area contributed by atoms with Crippen molar-refractivity contribution in [2.24, 2.45) is 0 Å². The largest absolute Gasteiger partial charge is 0.465 e. The quantitative estimate of drug-likeness (QED) is 0.502. The summed E-state index contributed by atoms with van der Waals surface area (Å²) >= 11 is 6.49. The molecule has 3 rings (SSSR count). The van der Waals surface area contributed by atoms with Crippen LogP contribution in [0.5, 0.6) is 0 Å². The molecule has 0 saturated carbocycles. The highest BCUT2D eigenvalue weighted by Crippen LogP contribution is 2.27. The number of benzene rings is 2. The summed E-state index contributed by atoms with van der Waals surface area (Å²) in [6.45, 7) is 0.0743. The van der Waals surface area contributed by atoms with Gasteiger partial charge in [0, 0.05) is 33.6 Å². The fraction of sp³-hybridized carbons (Fsp3) is 0.263. The summed E-state index contributed by atoms with van der Waals surface area (Å²) in [7, 11) is -3.88. The second-order valence-electron chi connectivity index (χ2n) is 6.79. The van der Waals surface area contributed by atoms with Gasteiger partial charge in [-0.2, -0.15) is 0 Å². The molecule has 2 aromatic rings. The van der Waals surface area contributed by atoms with Gasteiger partial charge in [-0.3, -0.25) is 4.79 Å². The summed E-state index contributed by atoms with van der Waals surface area (Å²) in [5, 5.41) is 12.2. The predicted octanol–water partition coefficient (Wildman–Crippen LogP) is 3.04. The Hall–Kier alpha value is -1.95. The summed E-state index contributed by atoms with van der Waals surface area (Å²) in [5.41, 5.74) is 0.467. The molecular formula is C19H19Br2N3O5S. The van der Waals surface area contributed by atoms with Crippen molar-refractivity contribution in [3.05, 3.63) is 63.0 Å². The molecule has 0 unspecified atom stereocenters. The van der Waals surface area contributed by atoms with Crippen LogP contribution in [0, 0.1) is 0 Å². The Bertz CT molecular complexity index is 1050. The van der Waals surface area contributed by atoms with Crippen molar-refractivity contribution in [2.75, 3.05) is 13.1 Å². The molecule has 0 aliphatic carbocycles. The first-order valence-corrected chi connectivity index (χ1v) is 12.0. The molecule has 8 nitrogen and oxygen atoms in total. The van der Waals surface area contributed by atoms with E-state index >= 15 is 0 Å². The third kappa shape index (κ3) is 5.39. The zero-order chi connectivity index (χ0) is 21.9. The monoisotopic (exact) mass is 559 g/mol. The zero-order valence-corrected chi connectivity index (χ0v) is 19.6. The van der Waals surface area contributed by atoms with Crippen molar-refractivity contribution in [2.45, 2.75) is 23.4 Å². The number of carboxylic acid groups (broad SMARTS) is 1. The minimum Gasteiger partial charge on any atom is -0.465 e. The van der Waals surface area contributed by atoms with E-state index in [1.807, 2.05) is 0 Å². The molecule has 0 aromatic heterocycles. The molecule has 1 fully saturated rings. The number of carbonyl (C=O) groups is 2. The Kier molecular flexibility index (Phi) is 7.17. The van der Waals surface area contributed by atoms with E-state index < -0.39 is 28.2 Å². The molecule has 1 saturated heterocycles. The molecular weight excluding hydrogens is 542 g/mol. The third-order valence-corrected chi connectivity index (χ3v) is 7.71. The first-order valence-electron chi connectivity index (χ1n) is 8.97. The third-order valence-electron chi connectivity index (χ3n) is 4.70. The number of hydrogen-bond acceptors (Lipinski definition) is 4. The van der Waals surface area contributed by atoms with Crippen molar-refractivity contribution < 1.29 is 23.1 Å². The van der Waals surface area contributed by atoms with Crippen molar-refractivity contribution in [3.63, 3.8) is 0 Å². The lowest BCUT2D eigenvalue weighted by atomic mass is 10.1. The van der Waals surface area contributed by atoms with E-state index in [1.54, 1.807) is 42.5 Å². The van der Waals surface area contributed by atoms with Crippen LogP contribution in [0.2, 0.25) is 0 Å². The van der Waals surface area contributed by atoms with Gasteiger partial charge < -0.3 is 15.3 Å². The standard InChI is InChI=1S/C19H19Br2N3O5S/c20-13-6-7-16(21)17(8-13)30(28,29)23-14-9-15(24(11-14)19(26)27)10-22-18(25)12-4-2-1-3-5-12/h1-8,14-15,23H,9-11H2,(H,22,25)(H,26,27)/t14-,15-/m1/s1. The van der Waals surface area contributed by atoms with E-state index in [-0.39, 0.29) is 30.3 Å². The van der Waals surface area contributed by atoms with Gasteiger partial charge in [0.25, 0.3) is 5.91 Å². The fourth-order valence-electron chi connectivity index (χ4n) is 3.30. The van der Waals surface area contributed by atoms with Crippen LogP contribution < -0.4 is 10.0 Å². The van der Waals surface area contributed by atoms with E-state index in [0.29, 0.717) is 14.5 Å². The molecule has 2 atom stereocenters. The van der Waals surface area contributed by atoms with Gasteiger partial charge in [-0.15, -0.1) is 0 Å². The number of nitrogens with one attached hydrogen (secondary N) is 2. The normalized spacial score (nSPS) is 18.9. The van der Waals surface area contributed by atoms with Crippen molar-refractivity contribution in [3.8, 4) is 0 Å². The van der Waals surface area contributed by atoms with Gasteiger partial charge in [0.15, 0.2) is 0 Å². The Labute approximate surface area is 191 Å². The fourth-order valence-corrected chi connectivity index (χ4v) is 6.04. The van der Waals surface area contributed by atoms with Crippen LogP contribution in [-0.2, 0) is 10.0 Å². The maximum Gasteiger partial charge on any atom is 0.407 e. The minimum absolute atomic E-state index is 0.00788. The second kappa shape index (κ2) is 9.46. The summed E-state index contributed by atoms with van der Waals surface area (Å²) in [6.07, 6.45) is -0.925. The lowest BCUT2D eigenvalue weighted by molar-refractivity contribution is 0.0934. The number of likely N-dealkylation sites (tertiary alicyclic amines) is 1. The molecule has 0 bridgehead atoms. The lowest BCUT2D eigenvalue weighted by Crippen LogP contribution is -2.42. The van der Waals surface area contributed by atoms with E-state index in [2.05, 4.69) is 41.9 Å². The van der Waals surface area contributed by atoms with Crippen LogP contribution in [0.25, 0.3) is 0 Å². The molecule has 0 radical (unpaired) electrons. The highest BCUT2D eigenvalue weighted by atomic mass is 79.9. The number of carbonyl (C=O) groups excluding carboxylic acids is 1. The number of hydrogen-bond donors (Lipinski definition) is 3. The Morgan fingerprint density at radius 1 is 1.13 bits per heavy atom. The predicted molar refractivity (Wildman–Crippen MR) is 118 cm³/mol. The molecule has 2 aromatic carbocycles. The van der Waals surface area contributed by atoms with Gasteiger partial charge in [0.2, 0.25) is 10.0 Å². The van der Waals surface area contributed by atoms with E-state index in [0.717, 1.165) is 4.90 Å². The summed E-state index contributed by atoms with van der Waals surface area (Å²) in [4.78, 5) is 25.1. The number of rotatable bonds is 6. The molecule has 1 aliphatic rings. The van der Waals surface area contributed by atoms with Gasteiger partial charge in [-0.1, -0.05) is 34.1 Å². The van der Waals surface area contributed by atoms with Gasteiger partial charge in [0.05, 0.1) is 10.9 Å². The van der Waals surface area contributed by atoms with Crippen LogP contribution in [0.1, 0.15) is 16.8 Å². The highest BCUT2D eigenvalue weighted by Gasteiger charge is 2.37. The molecule has 1 aliphatic heterocycles. The van der Waals surface area contributed by atoms with Gasteiger partial charge in [-0.25, -0.2) is 17.9 Å². The SMILES string of the molecule is O=C(NC[C@H]1C[C@@H](NS(=O)(=O)c2cc(Br)ccc2Br)CN1C(=O)O)c1ccccc1. The van der Waals surface area contributed by atoms with Gasteiger partial charge >= 0.3 is 6.09 Å². The van der Waals surface area contributed by atoms with Crippen molar-refractivity contribution in [1.82, 2.24) is 14.9 Å². The topological polar surface area (TPSA) is 116 Å². The van der Waals surface area contributed by atoms with Crippen LogP contribution in [0.3, 0.4) is 0 Å². The number of nitrogens with zero attached hydrogens (tertiary/aromatic N) is 1. The lowest BCUT2D eigenvalue weighted by Gasteiger charge is -2.21. The molecule has 160 valence electrons. The summed E-state index contributed by atoms with van der Waals surface area (Å²) in [6, 6.07) is 12.2. The minimum atomic E-state index is -3.88. The van der Waals surface area contributed by atoms with Gasteiger partial charge in [-0.05, 0) is 52.7 Å². The van der Waals surface area contributed by atoms with E-state index in [9.17, 15) is 23.1 Å². The number of sulfonamides is 1. The summed E-state index contributed by atoms with van der Waals surface area (Å²) in [5.74, 6) is -0.317. The number of amides is 2. The van der Waals surface area contributed by atoms with Crippen molar-refractivity contribution >= 4 is 53.9 Å². The van der Waals surface area contributed by atoms with Crippen molar-refractivity contribution in [1.29, 1.82) is 0 Å². The molecule has 3 N–H and O–H groups in total. The molecule has 11 heteroatoms.